The summed E-state index contributed by atoms with van der Waals surface area (Å²) >= 11 is 0. The molecule has 1 atom stereocenters. The van der Waals surface area contributed by atoms with E-state index in [0.717, 1.165) is 18.4 Å². The predicted molar refractivity (Wildman–Crippen MR) is 55.8 cm³/mol. The van der Waals surface area contributed by atoms with E-state index >= 15 is 0 Å². The second-order valence-electron chi connectivity index (χ2n) is 4.52. The van der Waals surface area contributed by atoms with Gasteiger partial charge in [0.2, 0.25) is 0 Å². The van der Waals surface area contributed by atoms with Crippen molar-refractivity contribution in [2.45, 2.75) is 38.5 Å². The lowest BCUT2D eigenvalue weighted by Crippen LogP contribution is -2.13. The Balaban J connectivity index is 2.30. The average molecular weight is 186 g/mol. The van der Waals surface area contributed by atoms with Crippen molar-refractivity contribution in [3.05, 3.63) is 34.4 Å². The monoisotopic (exact) mass is 186 g/mol. The number of hydrogen-bond donors (Lipinski definition) is 0. The van der Waals surface area contributed by atoms with Crippen LogP contribution in [0.5, 0.6) is 0 Å². The third kappa shape index (κ3) is 0.927. The molecule has 0 heterocycles. The molecule has 2 aliphatic carbocycles. The van der Waals surface area contributed by atoms with E-state index in [4.69, 9.17) is 0 Å². The summed E-state index contributed by atoms with van der Waals surface area (Å²) in [6.45, 7) is 2.16. The molecule has 2 aliphatic rings. The maximum atomic E-state index is 11.7. The number of carbonyl (C=O) groups is 1. The van der Waals surface area contributed by atoms with Crippen LogP contribution in [0.4, 0.5) is 0 Å². The van der Waals surface area contributed by atoms with Gasteiger partial charge < -0.3 is 0 Å². The molecule has 0 amide bonds. The zero-order valence-electron chi connectivity index (χ0n) is 8.47. The van der Waals surface area contributed by atoms with Crippen LogP contribution in [0.2, 0.25) is 0 Å². The molecular formula is C13H14O. The second-order valence-corrected chi connectivity index (χ2v) is 4.52. The number of benzene rings is 1. The van der Waals surface area contributed by atoms with Crippen molar-refractivity contribution in [3.63, 3.8) is 0 Å². The molecule has 0 saturated heterocycles. The Hall–Kier alpha value is -1.11. The first-order chi connectivity index (χ1) is 6.77. The maximum absolute atomic E-state index is 11.7. The second kappa shape index (κ2) is 2.69. The zero-order valence-corrected chi connectivity index (χ0v) is 8.47. The third-order valence-corrected chi connectivity index (χ3v) is 3.76. The molecule has 1 nitrogen and oxygen atoms in total. The van der Waals surface area contributed by atoms with Gasteiger partial charge in [0.15, 0.2) is 5.78 Å². The molecule has 3 rings (SSSR count). The van der Waals surface area contributed by atoms with Gasteiger partial charge in [0.05, 0.1) is 0 Å². The van der Waals surface area contributed by atoms with E-state index in [9.17, 15) is 4.79 Å². The number of carbonyl (C=O) groups excluding carboxylic acids is 1. The van der Waals surface area contributed by atoms with Gasteiger partial charge in [-0.1, -0.05) is 12.1 Å². The standard InChI is InChI=1S/C13H14O/c1-8-2-5-11-12(14)7-4-9-3-6-10(8)13(9)11/h2,5,9H,3-4,6-7H2,1H3. The van der Waals surface area contributed by atoms with Crippen molar-refractivity contribution in [3.8, 4) is 0 Å². The van der Waals surface area contributed by atoms with Crippen LogP contribution in [0, 0.1) is 6.92 Å². The Bertz CT molecular complexity index is 417. The van der Waals surface area contributed by atoms with Crippen LogP contribution in [0.3, 0.4) is 0 Å². The molecular weight excluding hydrogens is 172 g/mol. The van der Waals surface area contributed by atoms with Crippen LogP contribution in [0.15, 0.2) is 12.1 Å². The van der Waals surface area contributed by atoms with Crippen LogP contribution in [-0.4, -0.2) is 5.78 Å². The van der Waals surface area contributed by atoms with Crippen molar-refractivity contribution in [2.75, 3.05) is 0 Å². The smallest absolute Gasteiger partial charge is 0.163 e. The quantitative estimate of drug-likeness (QED) is 0.608. The van der Waals surface area contributed by atoms with Crippen molar-refractivity contribution < 1.29 is 4.79 Å². The van der Waals surface area contributed by atoms with Crippen molar-refractivity contribution >= 4 is 5.78 Å². The Morgan fingerprint density at radius 1 is 1.21 bits per heavy atom. The van der Waals surface area contributed by atoms with Gasteiger partial charge in [0.25, 0.3) is 0 Å². The van der Waals surface area contributed by atoms with E-state index in [1.54, 1.807) is 0 Å². The molecule has 72 valence electrons. The molecule has 1 heteroatoms. The van der Waals surface area contributed by atoms with E-state index in [1.165, 1.54) is 29.5 Å². The summed E-state index contributed by atoms with van der Waals surface area (Å²) in [7, 11) is 0. The number of rotatable bonds is 0. The highest BCUT2D eigenvalue weighted by atomic mass is 16.1. The van der Waals surface area contributed by atoms with E-state index in [2.05, 4.69) is 13.0 Å². The normalized spacial score (nSPS) is 23.8. The van der Waals surface area contributed by atoms with Gasteiger partial charge in [-0.2, -0.15) is 0 Å². The van der Waals surface area contributed by atoms with Crippen molar-refractivity contribution in [1.29, 1.82) is 0 Å². The van der Waals surface area contributed by atoms with Gasteiger partial charge >= 0.3 is 0 Å². The number of aryl methyl sites for hydroxylation is 1. The topological polar surface area (TPSA) is 17.1 Å². The SMILES string of the molecule is Cc1ccc2c3c1CCC3CCC2=O. The van der Waals surface area contributed by atoms with Crippen molar-refractivity contribution in [1.82, 2.24) is 0 Å². The van der Waals surface area contributed by atoms with Crippen LogP contribution in [0.1, 0.15) is 52.2 Å². The maximum Gasteiger partial charge on any atom is 0.163 e. The summed E-state index contributed by atoms with van der Waals surface area (Å²) in [5.74, 6) is 1.05. The zero-order chi connectivity index (χ0) is 9.71. The molecule has 0 fully saturated rings. The van der Waals surface area contributed by atoms with Gasteiger partial charge in [-0.05, 0) is 48.8 Å². The summed E-state index contributed by atoms with van der Waals surface area (Å²) in [6.07, 6.45) is 4.30. The van der Waals surface area contributed by atoms with Crippen LogP contribution in [-0.2, 0) is 6.42 Å². The molecule has 1 aromatic rings. The molecule has 0 aromatic heterocycles. The van der Waals surface area contributed by atoms with Crippen LogP contribution < -0.4 is 0 Å². The van der Waals surface area contributed by atoms with E-state index in [0.29, 0.717) is 11.7 Å². The molecule has 0 radical (unpaired) electrons. The fourth-order valence-electron chi connectivity index (χ4n) is 3.01. The van der Waals surface area contributed by atoms with Crippen molar-refractivity contribution in [2.24, 2.45) is 0 Å². The van der Waals surface area contributed by atoms with Gasteiger partial charge in [0, 0.05) is 12.0 Å². The molecule has 1 unspecified atom stereocenters. The molecule has 0 aliphatic heterocycles. The highest BCUT2D eigenvalue weighted by Gasteiger charge is 2.32. The molecule has 14 heavy (non-hydrogen) atoms. The Kier molecular flexibility index (Phi) is 1.58. The van der Waals surface area contributed by atoms with Crippen LogP contribution >= 0.6 is 0 Å². The fourth-order valence-corrected chi connectivity index (χ4v) is 3.01. The third-order valence-electron chi connectivity index (χ3n) is 3.76. The minimum Gasteiger partial charge on any atom is -0.294 e. The first kappa shape index (κ1) is 8.22. The molecule has 1 aromatic carbocycles. The summed E-state index contributed by atoms with van der Waals surface area (Å²) in [5.41, 5.74) is 5.28. The highest BCUT2D eigenvalue weighted by molar-refractivity contribution is 5.99. The van der Waals surface area contributed by atoms with Gasteiger partial charge in [0.1, 0.15) is 0 Å². The number of Topliss-reactive ketones (excluding diaryl/α,β-unsaturated/α-hetero) is 1. The molecule has 0 saturated carbocycles. The van der Waals surface area contributed by atoms with E-state index in [-0.39, 0.29) is 0 Å². The van der Waals surface area contributed by atoms with Crippen LogP contribution in [0.25, 0.3) is 0 Å². The van der Waals surface area contributed by atoms with Gasteiger partial charge in [-0.3, -0.25) is 4.79 Å². The molecule has 0 spiro atoms. The van der Waals surface area contributed by atoms with E-state index < -0.39 is 0 Å². The lowest BCUT2D eigenvalue weighted by Gasteiger charge is -2.21. The first-order valence-electron chi connectivity index (χ1n) is 5.43. The summed E-state index contributed by atoms with van der Waals surface area (Å²) in [4.78, 5) is 11.7. The lowest BCUT2D eigenvalue weighted by atomic mass is 9.82. The fraction of sp³-hybridized carbons (Fsp3) is 0.462. The molecule has 0 bridgehead atoms. The number of hydrogen-bond acceptors (Lipinski definition) is 1. The van der Waals surface area contributed by atoms with Gasteiger partial charge in [-0.25, -0.2) is 0 Å². The minimum absolute atomic E-state index is 0.361. The number of ketones is 1. The first-order valence-corrected chi connectivity index (χ1v) is 5.43. The highest BCUT2D eigenvalue weighted by Crippen LogP contribution is 2.43. The van der Waals surface area contributed by atoms with E-state index in [1.807, 2.05) is 6.07 Å². The lowest BCUT2D eigenvalue weighted by molar-refractivity contribution is 0.0967. The summed E-state index contributed by atoms with van der Waals surface area (Å²) in [6, 6.07) is 4.15. The summed E-state index contributed by atoms with van der Waals surface area (Å²) < 4.78 is 0. The van der Waals surface area contributed by atoms with Gasteiger partial charge in [-0.15, -0.1) is 0 Å². The average Bonchev–Trinajstić information content (AvgIpc) is 2.60. The Labute approximate surface area is 84.1 Å². The predicted octanol–water partition coefficient (Wildman–Crippen LogP) is 3.00. The Morgan fingerprint density at radius 2 is 2.00 bits per heavy atom. The summed E-state index contributed by atoms with van der Waals surface area (Å²) in [5, 5.41) is 0. The molecule has 0 N–H and O–H groups in total. The largest absolute Gasteiger partial charge is 0.294 e. The minimum atomic E-state index is 0.361. The Morgan fingerprint density at radius 3 is 2.86 bits per heavy atom.